The molecule has 2 aliphatic rings. The summed E-state index contributed by atoms with van der Waals surface area (Å²) >= 11 is 0. The fourth-order valence-corrected chi connectivity index (χ4v) is 1.35. The first-order valence-electron chi connectivity index (χ1n) is 2.77. The molecule has 0 aromatic carbocycles. The van der Waals surface area contributed by atoms with Crippen LogP contribution in [0.4, 0.5) is 0 Å². The summed E-state index contributed by atoms with van der Waals surface area (Å²) in [5.74, 6) is -0.201. The Balaban J connectivity index is 2.04. The van der Waals surface area contributed by atoms with Gasteiger partial charge in [0.2, 0.25) is 0 Å². The van der Waals surface area contributed by atoms with E-state index in [4.69, 9.17) is 5.11 Å². The molecule has 1 saturated heterocycles. The molecule has 0 amide bonds. The Morgan fingerprint density at radius 3 is 2.50 bits per heavy atom. The van der Waals surface area contributed by atoms with Gasteiger partial charge < -0.3 is 10.4 Å². The van der Waals surface area contributed by atoms with Crippen LogP contribution >= 0.6 is 0 Å². The quantitative estimate of drug-likeness (QED) is 0.472. The van der Waals surface area contributed by atoms with Crippen LogP contribution in [0.15, 0.2) is 0 Å². The van der Waals surface area contributed by atoms with Crippen molar-refractivity contribution in [1.82, 2.24) is 5.32 Å². The molecule has 3 atom stereocenters. The Kier molecular flexibility index (Phi) is 0.568. The fourth-order valence-electron chi connectivity index (χ4n) is 1.35. The smallest absolute Gasteiger partial charge is 0.308 e. The third kappa shape index (κ3) is 0.314. The molecule has 44 valence electrons. The van der Waals surface area contributed by atoms with Crippen molar-refractivity contribution < 1.29 is 9.90 Å². The number of fused-ring (bicyclic) bond motifs is 1. The SMILES string of the molecule is O=C(O)C1C2CNC21. The Bertz CT molecular complexity index is 135. The normalized spacial score (nSPS) is 49.2. The average molecular weight is 113 g/mol. The minimum atomic E-state index is -0.634. The number of carboxylic acid groups (broad SMARTS) is 1. The monoisotopic (exact) mass is 113 g/mol. The van der Waals surface area contributed by atoms with E-state index < -0.39 is 5.97 Å². The molecule has 1 aliphatic heterocycles. The molecule has 1 saturated carbocycles. The largest absolute Gasteiger partial charge is 0.481 e. The highest BCUT2D eigenvalue weighted by atomic mass is 16.4. The van der Waals surface area contributed by atoms with Crippen molar-refractivity contribution in [2.75, 3.05) is 6.54 Å². The molecule has 0 bridgehead atoms. The van der Waals surface area contributed by atoms with Gasteiger partial charge in [0.05, 0.1) is 5.92 Å². The lowest BCUT2D eigenvalue weighted by Crippen LogP contribution is -2.32. The van der Waals surface area contributed by atoms with E-state index in [1.165, 1.54) is 0 Å². The molecule has 0 spiro atoms. The first kappa shape index (κ1) is 4.32. The van der Waals surface area contributed by atoms with E-state index >= 15 is 0 Å². The summed E-state index contributed by atoms with van der Waals surface area (Å²) in [6.45, 7) is 0.918. The fraction of sp³-hybridized carbons (Fsp3) is 0.800. The van der Waals surface area contributed by atoms with Crippen LogP contribution in [-0.2, 0) is 4.79 Å². The van der Waals surface area contributed by atoms with Gasteiger partial charge in [-0.2, -0.15) is 0 Å². The van der Waals surface area contributed by atoms with Crippen molar-refractivity contribution in [1.29, 1.82) is 0 Å². The van der Waals surface area contributed by atoms with Crippen molar-refractivity contribution in [2.24, 2.45) is 11.8 Å². The summed E-state index contributed by atoms with van der Waals surface area (Å²) in [5, 5.41) is 11.4. The maximum atomic E-state index is 10.2. The first-order chi connectivity index (χ1) is 3.80. The predicted octanol–water partition coefficient (Wildman–Crippen LogP) is -0.711. The van der Waals surface area contributed by atoms with Gasteiger partial charge in [0.15, 0.2) is 0 Å². The summed E-state index contributed by atoms with van der Waals surface area (Å²) in [7, 11) is 0. The van der Waals surface area contributed by atoms with Crippen LogP contribution in [0.2, 0.25) is 0 Å². The second-order valence-corrected chi connectivity index (χ2v) is 2.46. The molecule has 0 aromatic heterocycles. The third-order valence-electron chi connectivity index (χ3n) is 2.04. The van der Waals surface area contributed by atoms with E-state index in [0.29, 0.717) is 12.0 Å². The molecular weight excluding hydrogens is 106 g/mol. The molecule has 3 nitrogen and oxygen atoms in total. The lowest BCUT2D eigenvalue weighted by molar-refractivity contribution is -0.138. The summed E-state index contributed by atoms with van der Waals surface area (Å²) < 4.78 is 0. The molecule has 8 heavy (non-hydrogen) atoms. The van der Waals surface area contributed by atoms with Crippen LogP contribution in [0.3, 0.4) is 0 Å². The van der Waals surface area contributed by atoms with Crippen molar-refractivity contribution in [3.63, 3.8) is 0 Å². The van der Waals surface area contributed by atoms with Crippen LogP contribution in [0.25, 0.3) is 0 Å². The summed E-state index contributed by atoms with van der Waals surface area (Å²) in [6, 6.07) is 0.340. The summed E-state index contributed by atoms with van der Waals surface area (Å²) in [4.78, 5) is 10.2. The lowest BCUT2D eigenvalue weighted by Gasteiger charge is -2.08. The van der Waals surface area contributed by atoms with E-state index in [2.05, 4.69) is 5.32 Å². The zero-order valence-electron chi connectivity index (χ0n) is 4.29. The van der Waals surface area contributed by atoms with Gasteiger partial charge in [-0.3, -0.25) is 4.79 Å². The minimum Gasteiger partial charge on any atom is -0.481 e. The molecule has 3 unspecified atom stereocenters. The number of aliphatic carboxylic acids is 1. The van der Waals surface area contributed by atoms with Crippen LogP contribution in [0.5, 0.6) is 0 Å². The predicted molar refractivity (Wildman–Crippen MR) is 26.4 cm³/mol. The van der Waals surface area contributed by atoms with Gasteiger partial charge >= 0.3 is 5.97 Å². The Morgan fingerprint density at radius 1 is 1.75 bits per heavy atom. The van der Waals surface area contributed by atoms with E-state index in [1.807, 2.05) is 0 Å². The van der Waals surface area contributed by atoms with Crippen LogP contribution in [-0.4, -0.2) is 23.7 Å². The maximum absolute atomic E-state index is 10.2. The van der Waals surface area contributed by atoms with Crippen molar-refractivity contribution >= 4 is 5.97 Å². The molecule has 2 N–H and O–H groups in total. The zero-order chi connectivity index (χ0) is 5.72. The topological polar surface area (TPSA) is 49.3 Å². The number of rotatable bonds is 1. The van der Waals surface area contributed by atoms with Gasteiger partial charge in [-0.1, -0.05) is 0 Å². The Labute approximate surface area is 46.7 Å². The minimum absolute atomic E-state index is 0.0463. The third-order valence-corrected chi connectivity index (χ3v) is 2.04. The van der Waals surface area contributed by atoms with E-state index in [9.17, 15) is 4.79 Å². The van der Waals surface area contributed by atoms with E-state index in [0.717, 1.165) is 6.54 Å². The van der Waals surface area contributed by atoms with Crippen molar-refractivity contribution in [2.45, 2.75) is 6.04 Å². The van der Waals surface area contributed by atoms with Gasteiger partial charge in [0.1, 0.15) is 0 Å². The number of nitrogens with one attached hydrogen (secondary N) is 1. The van der Waals surface area contributed by atoms with Crippen LogP contribution in [0, 0.1) is 11.8 Å². The highest BCUT2D eigenvalue weighted by Crippen LogP contribution is 2.45. The van der Waals surface area contributed by atoms with Gasteiger partial charge in [0, 0.05) is 18.5 Å². The van der Waals surface area contributed by atoms with Crippen LogP contribution < -0.4 is 5.32 Å². The standard InChI is InChI=1S/C5H7NO2/c7-5(8)3-2-1-6-4(2)3/h2-4,6H,1H2,(H,7,8). The number of hydrogen-bond donors (Lipinski definition) is 2. The lowest BCUT2D eigenvalue weighted by atomic mass is 10.3. The molecule has 2 fully saturated rings. The van der Waals surface area contributed by atoms with Gasteiger partial charge in [-0.25, -0.2) is 0 Å². The number of hydrogen-bond acceptors (Lipinski definition) is 2. The molecule has 0 aromatic rings. The number of carboxylic acids is 1. The molecule has 2 rings (SSSR count). The molecule has 1 aliphatic carbocycles. The first-order valence-corrected chi connectivity index (χ1v) is 2.77. The highest BCUT2D eigenvalue weighted by molar-refractivity contribution is 5.76. The van der Waals surface area contributed by atoms with Crippen molar-refractivity contribution in [3.05, 3.63) is 0 Å². The molecular formula is C5H7NO2. The zero-order valence-corrected chi connectivity index (χ0v) is 4.29. The van der Waals surface area contributed by atoms with E-state index in [1.54, 1.807) is 0 Å². The second-order valence-electron chi connectivity index (χ2n) is 2.46. The Hall–Kier alpha value is -0.570. The second kappa shape index (κ2) is 1.05. The van der Waals surface area contributed by atoms with E-state index in [-0.39, 0.29) is 5.92 Å². The average Bonchev–Trinajstić information content (AvgIpc) is 2.07. The highest BCUT2D eigenvalue weighted by Gasteiger charge is 2.60. The van der Waals surface area contributed by atoms with Crippen molar-refractivity contribution in [3.8, 4) is 0 Å². The molecule has 3 heteroatoms. The maximum Gasteiger partial charge on any atom is 0.308 e. The molecule has 1 heterocycles. The van der Waals surface area contributed by atoms with Crippen LogP contribution in [0.1, 0.15) is 0 Å². The Morgan fingerprint density at radius 2 is 2.38 bits per heavy atom. The molecule has 0 radical (unpaired) electrons. The number of carbonyl (C=O) groups is 1. The van der Waals surface area contributed by atoms with Gasteiger partial charge in [0.25, 0.3) is 0 Å². The van der Waals surface area contributed by atoms with Gasteiger partial charge in [-0.05, 0) is 0 Å². The van der Waals surface area contributed by atoms with Gasteiger partial charge in [-0.15, -0.1) is 0 Å². The summed E-state index contributed by atoms with van der Waals surface area (Å²) in [6.07, 6.45) is 0. The summed E-state index contributed by atoms with van der Waals surface area (Å²) in [5.41, 5.74) is 0.